The molecule has 2 amide bonds. The Bertz CT molecular complexity index is 1060. The van der Waals surface area contributed by atoms with Gasteiger partial charge in [-0.05, 0) is 69.0 Å². The maximum absolute atomic E-state index is 14.1. The number of halogens is 1. The number of aliphatic hydroxyl groups excluding tert-OH is 1. The average Bonchev–Trinajstić information content (AvgIpc) is 2.91. The molecule has 200 valence electrons. The lowest BCUT2D eigenvalue weighted by molar-refractivity contribution is 0.0548. The van der Waals surface area contributed by atoms with Crippen molar-refractivity contribution in [3.05, 3.63) is 65.2 Å². The van der Waals surface area contributed by atoms with Crippen molar-refractivity contribution in [3.63, 3.8) is 0 Å². The zero-order valence-electron chi connectivity index (χ0n) is 21.9. The third-order valence-corrected chi connectivity index (χ3v) is 7.11. The molecule has 2 aliphatic heterocycles. The van der Waals surface area contributed by atoms with Crippen LogP contribution < -0.4 is 4.90 Å². The number of nitrogens with zero attached hydrogens (tertiary/aromatic N) is 3. The van der Waals surface area contributed by atoms with Gasteiger partial charge in [0.25, 0.3) is 0 Å². The zero-order chi connectivity index (χ0) is 26.4. The number of carbonyl (C=O) groups excluding carboxylic acids is 2. The number of carbonyl (C=O) groups is 2. The van der Waals surface area contributed by atoms with Gasteiger partial charge >= 0.3 is 6.03 Å². The van der Waals surface area contributed by atoms with Gasteiger partial charge in [-0.25, -0.2) is 9.18 Å². The van der Waals surface area contributed by atoms with Crippen LogP contribution in [-0.4, -0.2) is 84.9 Å². The number of anilines is 1. The van der Waals surface area contributed by atoms with Crippen molar-refractivity contribution < 1.29 is 23.8 Å². The van der Waals surface area contributed by atoms with Gasteiger partial charge in [0.15, 0.2) is 5.78 Å². The molecule has 1 N–H and O–H groups in total. The molecule has 0 bridgehead atoms. The van der Waals surface area contributed by atoms with Crippen molar-refractivity contribution in [1.29, 1.82) is 0 Å². The lowest BCUT2D eigenvalue weighted by atomic mass is 9.88. The first-order chi connectivity index (χ1) is 17.7. The molecule has 2 saturated heterocycles. The molecular formula is C29H38FN3O4. The number of piperidine rings is 1. The number of likely N-dealkylation sites (tertiary alicyclic amines) is 1. The highest BCUT2D eigenvalue weighted by molar-refractivity contribution is 5.97. The molecule has 7 nitrogen and oxygen atoms in total. The summed E-state index contributed by atoms with van der Waals surface area (Å²) in [4.78, 5) is 31.3. The van der Waals surface area contributed by atoms with Crippen molar-refractivity contribution in [2.24, 2.45) is 0 Å². The molecule has 0 saturated carbocycles. The van der Waals surface area contributed by atoms with E-state index in [9.17, 15) is 14.0 Å². The Labute approximate surface area is 218 Å². The molecule has 0 aromatic heterocycles. The molecule has 0 spiro atoms. The third-order valence-electron chi connectivity index (χ3n) is 7.11. The van der Waals surface area contributed by atoms with Gasteiger partial charge in [0.2, 0.25) is 0 Å². The number of urea groups is 1. The number of morpholine rings is 1. The molecule has 2 aliphatic rings. The smallest absolute Gasteiger partial charge is 0.324 e. The fourth-order valence-electron chi connectivity index (χ4n) is 5.17. The van der Waals surface area contributed by atoms with Gasteiger partial charge in [-0.1, -0.05) is 36.4 Å². The first-order valence-corrected chi connectivity index (χ1v) is 13.1. The lowest BCUT2D eigenvalue weighted by Crippen LogP contribution is -2.48. The van der Waals surface area contributed by atoms with Gasteiger partial charge in [-0.15, -0.1) is 0 Å². The quantitative estimate of drug-likeness (QED) is 0.537. The van der Waals surface area contributed by atoms with Gasteiger partial charge < -0.3 is 19.6 Å². The number of ether oxygens (including phenoxy) is 1. The highest BCUT2D eigenvalue weighted by Gasteiger charge is 2.28. The van der Waals surface area contributed by atoms with Gasteiger partial charge in [0.1, 0.15) is 12.3 Å². The standard InChI is InChI=1S/C29H38FN3O4/c1-29(2,30)21-31-12-10-23(11-13-31)25-4-3-5-26(18-25)33(28(36)32-14-16-37-17-15-32)19-22-6-8-24(9-7-22)27(35)20-34/h3-9,18,23,34H,10-17,19-21H2,1-2H3. The van der Waals surface area contributed by atoms with E-state index in [4.69, 9.17) is 9.84 Å². The molecule has 8 heteroatoms. The van der Waals surface area contributed by atoms with Gasteiger partial charge in [0.05, 0.1) is 19.8 Å². The predicted octanol–water partition coefficient (Wildman–Crippen LogP) is 4.25. The third kappa shape index (κ3) is 7.37. The molecule has 0 atom stereocenters. The number of Topliss-reactive ketones (excluding diaryl/α,β-unsaturated/α-hetero) is 1. The van der Waals surface area contributed by atoms with Crippen LogP contribution in [-0.2, 0) is 11.3 Å². The van der Waals surface area contributed by atoms with Gasteiger partial charge in [-0.3, -0.25) is 9.69 Å². The van der Waals surface area contributed by atoms with Crippen molar-refractivity contribution in [3.8, 4) is 0 Å². The summed E-state index contributed by atoms with van der Waals surface area (Å²) in [6.07, 6.45) is 1.91. The topological polar surface area (TPSA) is 73.3 Å². The molecular weight excluding hydrogens is 473 g/mol. The minimum absolute atomic E-state index is 0.0732. The maximum atomic E-state index is 14.1. The predicted molar refractivity (Wildman–Crippen MR) is 142 cm³/mol. The average molecular weight is 512 g/mol. The number of benzene rings is 2. The zero-order valence-corrected chi connectivity index (χ0v) is 21.9. The number of rotatable bonds is 8. The van der Waals surface area contributed by atoms with E-state index in [0.29, 0.717) is 50.9 Å². The van der Waals surface area contributed by atoms with Crippen LogP contribution in [0.3, 0.4) is 0 Å². The lowest BCUT2D eigenvalue weighted by Gasteiger charge is -2.35. The van der Waals surface area contributed by atoms with Crippen LogP contribution in [0.25, 0.3) is 0 Å². The molecule has 0 radical (unpaired) electrons. The number of amides is 2. The summed E-state index contributed by atoms with van der Waals surface area (Å²) in [5, 5.41) is 9.13. The second-order valence-electron chi connectivity index (χ2n) is 10.6. The van der Waals surface area contributed by atoms with E-state index in [0.717, 1.165) is 37.2 Å². The molecule has 2 aromatic rings. The van der Waals surface area contributed by atoms with E-state index in [2.05, 4.69) is 17.0 Å². The van der Waals surface area contributed by atoms with Crippen LogP contribution in [0.4, 0.5) is 14.9 Å². The van der Waals surface area contributed by atoms with Gasteiger partial charge in [-0.2, -0.15) is 0 Å². The van der Waals surface area contributed by atoms with Crippen LogP contribution >= 0.6 is 0 Å². The fourth-order valence-corrected chi connectivity index (χ4v) is 5.17. The SMILES string of the molecule is CC(C)(F)CN1CCC(c2cccc(N(Cc3ccc(C(=O)CO)cc3)C(=O)N3CCOCC3)c2)CC1. The summed E-state index contributed by atoms with van der Waals surface area (Å²) in [6.45, 7) is 7.37. The molecule has 0 aliphatic carbocycles. The van der Waals surface area contributed by atoms with Crippen molar-refractivity contribution >= 4 is 17.5 Å². The first kappa shape index (κ1) is 27.2. The molecule has 4 rings (SSSR count). The summed E-state index contributed by atoms with van der Waals surface area (Å²) in [5.74, 6) is 0.0321. The first-order valence-electron chi connectivity index (χ1n) is 13.1. The summed E-state index contributed by atoms with van der Waals surface area (Å²) in [7, 11) is 0. The molecule has 2 aromatic carbocycles. The van der Waals surface area contributed by atoms with Crippen molar-refractivity contribution in [2.45, 2.75) is 44.8 Å². The van der Waals surface area contributed by atoms with Crippen molar-refractivity contribution in [2.75, 3.05) is 57.4 Å². The van der Waals surface area contributed by atoms with Crippen LogP contribution in [0.15, 0.2) is 48.5 Å². The van der Waals surface area contributed by atoms with Crippen LogP contribution in [0, 0.1) is 0 Å². The van der Waals surface area contributed by atoms with Crippen LogP contribution in [0.1, 0.15) is 54.1 Å². The largest absolute Gasteiger partial charge is 0.388 e. The number of alkyl halides is 1. The molecule has 37 heavy (non-hydrogen) atoms. The van der Waals surface area contributed by atoms with E-state index < -0.39 is 12.3 Å². The number of ketones is 1. The molecule has 2 heterocycles. The van der Waals surface area contributed by atoms with E-state index in [1.165, 1.54) is 5.56 Å². The maximum Gasteiger partial charge on any atom is 0.324 e. The Morgan fingerprint density at radius 2 is 1.73 bits per heavy atom. The normalized spacial score (nSPS) is 17.6. The molecule has 0 unspecified atom stereocenters. The number of hydrogen-bond acceptors (Lipinski definition) is 5. The van der Waals surface area contributed by atoms with E-state index >= 15 is 0 Å². The Balaban J connectivity index is 1.53. The number of hydrogen-bond donors (Lipinski definition) is 1. The highest BCUT2D eigenvalue weighted by Crippen LogP contribution is 2.32. The summed E-state index contributed by atoms with van der Waals surface area (Å²) in [6, 6.07) is 15.2. The Kier molecular flexibility index (Phi) is 8.95. The fraction of sp³-hybridized carbons (Fsp3) is 0.517. The number of aliphatic hydroxyl groups is 1. The monoisotopic (exact) mass is 511 g/mol. The summed E-state index contributed by atoms with van der Waals surface area (Å²) in [5.41, 5.74) is 2.17. The van der Waals surface area contributed by atoms with Crippen LogP contribution in [0.5, 0.6) is 0 Å². The Morgan fingerprint density at radius 3 is 2.35 bits per heavy atom. The highest BCUT2D eigenvalue weighted by atomic mass is 19.1. The van der Waals surface area contributed by atoms with Crippen LogP contribution in [0.2, 0.25) is 0 Å². The summed E-state index contributed by atoms with van der Waals surface area (Å²) >= 11 is 0. The van der Waals surface area contributed by atoms with E-state index in [-0.39, 0.29) is 11.8 Å². The van der Waals surface area contributed by atoms with E-state index in [1.54, 1.807) is 30.9 Å². The van der Waals surface area contributed by atoms with E-state index in [1.807, 2.05) is 29.2 Å². The van der Waals surface area contributed by atoms with Crippen molar-refractivity contribution in [1.82, 2.24) is 9.80 Å². The molecule has 2 fully saturated rings. The second kappa shape index (κ2) is 12.2. The minimum atomic E-state index is -1.20. The second-order valence-corrected chi connectivity index (χ2v) is 10.6. The summed E-state index contributed by atoms with van der Waals surface area (Å²) < 4.78 is 19.5. The van der Waals surface area contributed by atoms with Gasteiger partial charge in [0, 0.05) is 30.9 Å². The Hall–Kier alpha value is -2.81. The minimum Gasteiger partial charge on any atom is -0.388 e. The Morgan fingerprint density at radius 1 is 1.05 bits per heavy atom.